The lowest BCUT2D eigenvalue weighted by molar-refractivity contribution is 0.0690. The van der Waals surface area contributed by atoms with E-state index in [1.54, 1.807) is 0 Å². The molecule has 0 spiro atoms. The van der Waals surface area contributed by atoms with Crippen LogP contribution in [0.1, 0.15) is 43.1 Å². The number of aromatic nitrogens is 3. The van der Waals surface area contributed by atoms with Gasteiger partial charge in [0.25, 0.3) is 0 Å². The summed E-state index contributed by atoms with van der Waals surface area (Å²) >= 11 is 0. The van der Waals surface area contributed by atoms with Gasteiger partial charge in [0.2, 0.25) is 0 Å². The minimum atomic E-state index is -1.11. The van der Waals surface area contributed by atoms with E-state index in [0.29, 0.717) is 13.1 Å². The Kier molecular flexibility index (Phi) is 5.13. The molecule has 21 heavy (non-hydrogen) atoms. The molecule has 2 rings (SSSR count). The molecule has 3 N–H and O–H groups in total. The molecule has 1 saturated carbocycles. The number of carboxylic acids is 1. The van der Waals surface area contributed by atoms with Gasteiger partial charge < -0.3 is 15.7 Å². The molecule has 0 atom stereocenters. The summed E-state index contributed by atoms with van der Waals surface area (Å²) in [7, 11) is 0. The second-order valence-corrected chi connectivity index (χ2v) is 5.53. The summed E-state index contributed by atoms with van der Waals surface area (Å²) < 4.78 is 1.39. The van der Waals surface area contributed by atoms with Gasteiger partial charge in [0.05, 0.1) is 12.7 Å². The highest BCUT2D eigenvalue weighted by Crippen LogP contribution is 2.23. The van der Waals surface area contributed by atoms with Gasteiger partial charge in [-0.25, -0.2) is 14.3 Å². The van der Waals surface area contributed by atoms with Crippen LogP contribution in [0.5, 0.6) is 0 Å². The molecule has 0 bridgehead atoms. The number of carbonyl (C=O) groups is 2. The molecule has 0 saturated heterocycles. The fourth-order valence-electron chi connectivity index (χ4n) is 2.43. The number of amides is 2. The van der Waals surface area contributed by atoms with E-state index in [2.05, 4.69) is 27.9 Å². The number of aromatic carboxylic acids is 1. The van der Waals surface area contributed by atoms with E-state index in [9.17, 15) is 9.59 Å². The number of carbonyl (C=O) groups excluding carboxylic acids is 1. The number of nitrogens with zero attached hydrogens (tertiary/aromatic N) is 3. The summed E-state index contributed by atoms with van der Waals surface area (Å²) in [6.45, 7) is 2.99. The molecule has 8 heteroatoms. The molecular formula is C13H21N5O3. The monoisotopic (exact) mass is 295 g/mol. The highest BCUT2D eigenvalue weighted by molar-refractivity contribution is 5.84. The van der Waals surface area contributed by atoms with Crippen molar-refractivity contribution < 1.29 is 14.7 Å². The SMILES string of the molecule is CC1CCC(NC(=O)NCCn2cc(C(=O)O)nn2)CC1. The lowest BCUT2D eigenvalue weighted by Gasteiger charge is -2.26. The second kappa shape index (κ2) is 7.05. The largest absolute Gasteiger partial charge is 0.476 e. The molecule has 0 unspecified atom stereocenters. The van der Waals surface area contributed by atoms with E-state index in [1.165, 1.54) is 10.9 Å². The molecule has 1 heterocycles. The fourth-order valence-corrected chi connectivity index (χ4v) is 2.43. The third kappa shape index (κ3) is 4.73. The summed E-state index contributed by atoms with van der Waals surface area (Å²) in [4.78, 5) is 22.4. The molecule has 0 aromatic carbocycles. The second-order valence-electron chi connectivity index (χ2n) is 5.53. The first-order chi connectivity index (χ1) is 10.0. The first kappa shape index (κ1) is 15.3. The van der Waals surface area contributed by atoms with Crippen molar-refractivity contribution in [2.45, 2.75) is 45.2 Å². The number of hydrogen-bond donors (Lipinski definition) is 3. The van der Waals surface area contributed by atoms with Gasteiger partial charge in [-0.1, -0.05) is 12.1 Å². The van der Waals surface area contributed by atoms with Crippen LogP contribution in [-0.4, -0.2) is 44.7 Å². The third-order valence-corrected chi connectivity index (χ3v) is 3.74. The highest BCUT2D eigenvalue weighted by atomic mass is 16.4. The molecule has 1 fully saturated rings. The van der Waals surface area contributed by atoms with Crippen molar-refractivity contribution in [2.24, 2.45) is 5.92 Å². The Labute approximate surface area is 122 Å². The average Bonchev–Trinajstić information content (AvgIpc) is 2.90. The number of hydrogen-bond acceptors (Lipinski definition) is 4. The summed E-state index contributed by atoms with van der Waals surface area (Å²) in [5.41, 5.74) is -0.101. The minimum absolute atomic E-state index is 0.101. The molecule has 1 aliphatic rings. The van der Waals surface area contributed by atoms with Crippen molar-refractivity contribution in [3.63, 3.8) is 0 Å². The van der Waals surface area contributed by atoms with Gasteiger partial charge in [0.15, 0.2) is 5.69 Å². The highest BCUT2D eigenvalue weighted by Gasteiger charge is 2.19. The van der Waals surface area contributed by atoms with Crippen LogP contribution >= 0.6 is 0 Å². The zero-order valence-electron chi connectivity index (χ0n) is 12.1. The molecule has 0 radical (unpaired) electrons. The van der Waals surface area contributed by atoms with Crippen LogP contribution in [0.25, 0.3) is 0 Å². The lowest BCUT2D eigenvalue weighted by Crippen LogP contribution is -2.44. The Morgan fingerprint density at radius 3 is 2.71 bits per heavy atom. The van der Waals surface area contributed by atoms with Crippen LogP contribution in [0, 0.1) is 5.92 Å². The van der Waals surface area contributed by atoms with E-state index in [-0.39, 0.29) is 17.8 Å². The first-order valence-corrected chi connectivity index (χ1v) is 7.22. The standard InChI is InChI=1S/C13H21N5O3/c1-9-2-4-10(5-3-9)15-13(21)14-6-7-18-8-11(12(19)20)16-17-18/h8-10H,2-7H2,1H3,(H,19,20)(H2,14,15,21). The topological polar surface area (TPSA) is 109 Å². The summed E-state index contributed by atoms with van der Waals surface area (Å²) in [6.07, 6.45) is 5.70. The normalized spacial score (nSPS) is 21.8. The van der Waals surface area contributed by atoms with Gasteiger partial charge in [0, 0.05) is 12.6 Å². The number of rotatable bonds is 5. The quantitative estimate of drug-likeness (QED) is 0.746. The maximum absolute atomic E-state index is 11.7. The summed E-state index contributed by atoms with van der Waals surface area (Å²) in [6, 6.07) is 0.0688. The summed E-state index contributed by atoms with van der Waals surface area (Å²) in [5, 5.41) is 21.6. The van der Waals surface area contributed by atoms with E-state index in [1.807, 2.05) is 0 Å². The predicted octanol–water partition coefficient (Wildman–Crippen LogP) is 0.854. The molecule has 1 aromatic rings. The molecule has 1 aromatic heterocycles. The average molecular weight is 295 g/mol. The fraction of sp³-hybridized carbons (Fsp3) is 0.692. The Balaban J connectivity index is 1.65. The lowest BCUT2D eigenvalue weighted by atomic mass is 9.87. The van der Waals surface area contributed by atoms with Gasteiger partial charge in [-0.2, -0.15) is 0 Å². The smallest absolute Gasteiger partial charge is 0.358 e. The molecule has 8 nitrogen and oxygen atoms in total. The molecule has 116 valence electrons. The van der Waals surface area contributed by atoms with E-state index in [0.717, 1.165) is 31.6 Å². The Hall–Kier alpha value is -2.12. The van der Waals surface area contributed by atoms with Gasteiger partial charge in [-0.05, 0) is 31.6 Å². The molecule has 2 amide bonds. The zero-order valence-corrected chi connectivity index (χ0v) is 12.1. The summed E-state index contributed by atoms with van der Waals surface area (Å²) in [5.74, 6) is -0.361. The zero-order chi connectivity index (χ0) is 15.2. The van der Waals surface area contributed by atoms with Gasteiger partial charge >= 0.3 is 12.0 Å². The van der Waals surface area contributed by atoms with Crippen LogP contribution in [0.4, 0.5) is 4.79 Å². The van der Waals surface area contributed by atoms with Crippen molar-refractivity contribution in [3.8, 4) is 0 Å². The Morgan fingerprint density at radius 2 is 2.10 bits per heavy atom. The third-order valence-electron chi connectivity index (χ3n) is 3.74. The van der Waals surface area contributed by atoms with Crippen LogP contribution < -0.4 is 10.6 Å². The Morgan fingerprint density at radius 1 is 1.38 bits per heavy atom. The van der Waals surface area contributed by atoms with Crippen molar-refractivity contribution in [1.29, 1.82) is 0 Å². The van der Waals surface area contributed by atoms with Crippen molar-refractivity contribution in [2.75, 3.05) is 6.54 Å². The van der Waals surface area contributed by atoms with Crippen molar-refractivity contribution >= 4 is 12.0 Å². The van der Waals surface area contributed by atoms with Crippen LogP contribution in [-0.2, 0) is 6.54 Å². The van der Waals surface area contributed by atoms with Gasteiger partial charge in [-0.3, -0.25) is 0 Å². The van der Waals surface area contributed by atoms with Crippen LogP contribution in [0.3, 0.4) is 0 Å². The van der Waals surface area contributed by atoms with E-state index >= 15 is 0 Å². The van der Waals surface area contributed by atoms with Crippen LogP contribution in [0.2, 0.25) is 0 Å². The number of carboxylic acid groups (broad SMARTS) is 1. The van der Waals surface area contributed by atoms with Crippen molar-refractivity contribution in [3.05, 3.63) is 11.9 Å². The minimum Gasteiger partial charge on any atom is -0.476 e. The van der Waals surface area contributed by atoms with Gasteiger partial charge in [-0.15, -0.1) is 5.10 Å². The van der Waals surface area contributed by atoms with E-state index < -0.39 is 5.97 Å². The van der Waals surface area contributed by atoms with Crippen molar-refractivity contribution in [1.82, 2.24) is 25.6 Å². The molecular weight excluding hydrogens is 274 g/mol. The van der Waals surface area contributed by atoms with Crippen LogP contribution in [0.15, 0.2) is 6.20 Å². The predicted molar refractivity (Wildman–Crippen MR) is 74.9 cm³/mol. The number of nitrogens with one attached hydrogen (secondary N) is 2. The first-order valence-electron chi connectivity index (χ1n) is 7.22. The maximum Gasteiger partial charge on any atom is 0.358 e. The Bertz CT molecular complexity index is 494. The van der Waals surface area contributed by atoms with Gasteiger partial charge in [0.1, 0.15) is 0 Å². The number of urea groups is 1. The maximum atomic E-state index is 11.7. The molecule has 1 aliphatic carbocycles. The molecule has 0 aliphatic heterocycles. The van der Waals surface area contributed by atoms with E-state index in [4.69, 9.17) is 5.11 Å².